The number of methoxy groups -OCH3 is 1. The van der Waals surface area contributed by atoms with Crippen LogP contribution in [-0.2, 0) is 14.3 Å². The zero-order valence-corrected chi connectivity index (χ0v) is 15.6. The van der Waals surface area contributed by atoms with E-state index in [1.54, 1.807) is 7.11 Å². The number of carbonyl (C=O) groups is 2. The van der Waals surface area contributed by atoms with Gasteiger partial charge in [0.25, 0.3) is 0 Å². The van der Waals surface area contributed by atoms with Gasteiger partial charge in [-0.1, -0.05) is 26.0 Å². The van der Waals surface area contributed by atoms with Gasteiger partial charge in [-0.05, 0) is 29.5 Å². The van der Waals surface area contributed by atoms with Gasteiger partial charge in [0.1, 0.15) is 17.3 Å². The minimum Gasteiger partial charge on any atom is -0.497 e. The molecule has 1 heterocycles. The summed E-state index contributed by atoms with van der Waals surface area (Å²) in [6.07, 6.45) is 3.31. The summed E-state index contributed by atoms with van der Waals surface area (Å²) in [5.74, 6) is 2.19. The molecule has 4 heteroatoms. The van der Waals surface area contributed by atoms with Crippen molar-refractivity contribution >= 4 is 11.6 Å². The minimum atomic E-state index is -0.309. The number of benzene rings is 1. The van der Waals surface area contributed by atoms with Gasteiger partial charge in [-0.3, -0.25) is 9.59 Å². The minimum absolute atomic E-state index is 0.0991. The smallest absolute Gasteiger partial charge is 0.163 e. The van der Waals surface area contributed by atoms with Crippen LogP contribution in [0, 0.1) is 5.41 Å². The van der Waals surface area contributed by atoms with E-state index in [4.69, 9.17) is 9.47 Å². The lowest BCUT2D eigenvalue weighted by Crippen LogP contribution is -2.34. The first-order valence-electron chi connectivity index (χ1n) is 9.24. The largest absolute Gasteiger partial charge is 0.497 e. The highest BCUT2D eigenvalue weighted by Gasteiger charge is 2.45. The zero-order chi connectivity index (χ0) is 18.5. The monoisotopic (exact) mass is 352 g/mol. The number of carbonyl (C=O) groups excluding carboxylic acids is 2. The molecule has 0 fully saturated rings. The van der Waals surface area contributed by atoms with Crippen LogP contribution in [0.2, 0.25) is 0 Å². The van der Waals surface area contributed by atoms with Crippen LogP contribution in [0.3, 0.4) is 0 Å². The molecule has 0 bridgehead atoms. The van der Waals surface area contributed by atoms with Gasteiger partial charge in [-0.25, -0.2) is 0 Å². The van der Waals surface area contributed by atoms with E-state index in [-0.39, 0.29) is 22.9 Å². The molecule has 1 aliphatic heterocycles. The molecule has 4 rings (SSSR count). The molecule has 0 saturated carbocycles. The normalized spacial score (nSPS) is 24.8. The van der Waals surface area contributed by atoms with Gasteiger partial charge in [0.05, 0.1) is 7.11 Å². The third-order valence-electron chi connectivity index (χ3n) is 5.56. The Morgan fingerprint density at radius 3 is 2.35 bits per heavy atom. The first-order valence-corrected chi connectivity index (χ1v) is 9.24. The number of ketones is 2. The lowest BCUT2D eigenvalue weighted by atomic mass is 9.68. The first kappa shape index (κ1) is 17.1. The Morgan fingerprint density at radius 2 is 1.65 bits per heavy atom. The Bertz CT molecular complexity index is 839. The second-order valence-electron chi connectivity index (χ2n) is 8.20. The highest BCUT2D eigenvalue weighted by molar-refractivity contribution is 6.06. The van der Waals surface area contributed by atoms with Crippen molar-refractivity contribution in [3.63, 3.8) is 0 Å². The number of hydrogen-bond acceptors (Lipinski definition) is 4. The van der Waals surface area contributed by atoms with Crippen LogP contribution in [0.4, 0.5) is 0 Å². The van der Waals surface area contributed by atoms with Crippen LogP contribution in [-0.4, -0.2) is 18.7 Å². The molecular formula is C22H24O4. The fourth-order valence-electron chi connectivity index (χ4n) is 4.38. The maximum Gasteiger partial charge on any atom is 0.163 e. The van der Waals surface area contributed by atoms with E-state index in [1.165, 1.54) is 0 Å². The number of ether oxygens (including phenoxy) is 2. The highest BCUT2D eigenvalue weighted by Crippen LogP contribution is 2.50. The van der Waals surface area contributed by atoms with E-state index < -0.39 is 0 Å². The van der Waals surface area contributed by atoms with Crippen molar-refractivity contribution in [2.45, 2.75) is 51.9 Å². The predicted octanol–water partition coefficient (Wildman–Crippen LogP) is 4.46. The standard InChI is InChI=1S/C22H24O4/c1-22(2)11-16(24)21-18(12-22)26-17-6-4-5-15(23)20(17)19(21)13-7-9-14(25-3)10-8-13/h7-10,19H,4-6,11-12H2,1-3H3. The van der Waals surface area contributed by atoms with Crippen molar-refractivity contribution in [2.75, 3.05) is 7.11 Å². The predicted molar refractivity (Wildman–Crippen MR) is 97.8 cm³/mol. The molecule has 3 aliphatic rings. The molecule has 26 heavy (non-hydrogen) atoms. The van der Waals surface area contributed by atoms with Crippen molar-refractivity contribution in [2.24, 2.45) is 5.41 Å². The molecule has 1 aromatic rings. The molecule has 0 saturated heterocycles. The second-order valence-corrected chi connectivity index (χ2v) is 8.20. The summed E-state index contributed by atoms with van der Waals surface area (Å²) in [6, 6.07) is 7.68. The van der Waals surface area contributed by atoms with Crippen molar-refractivity contribution < 1.29 is 19.1 Å². The zero-order valence-electron chi connectivity index (χ0n) is 15.6. The van der Waals surface area contributed by atoms with Crippen LogP contribution in [0.1, 0.15) is 57.4 Å². The second kappa shape index (κ2) is 6.11. The summed E-state index contributed by atoms with van der Waals surface area (Å²) in [5, 5.41) is 0. The number of rotatable bonds is 2. The van der Waals surface area contributed by atoms with Gasteiger partial charge >= 0.3 is 0 Å². The lowest BCUT2D eigenvalue weighted by Gasteiger charge is -2.40. The van der Waals surface area contributed by atoms with E-state index in [1.807, 2.05) is 24.3 Å². The van der Waals surface area contributed by atoms with Gasteiger partial charge in [0.2, 0.25) is 0 Å². The van der Waals surface area contributed by atoms with Crippen LogP contribution in [0.15, 0.2) is 46.9 Å². The molecule has 1 atom stereocenters. The fourth-order valence-corrected chi connectivity index (χ4v) is 4.38. The van der Waals surface area contributed by atoms with Crippen LogP contribution < -0.4 is 4.74 Å². The molecule has 0 radical (unpaired) electrons. The van der Waals surface area contributed by atoms with E-state index in [0.29, 0.717) is 24.0 Å². The Balaban J connectivity index is 1.87. The molecule has 0 aromatic heterocycles. The van der Waals surface area contributed by atoms with Crippen molar-refractivity contribution in [3.05, 3.63) is 52.5 Å². The Hall–Kier alpha value is -2.36. The van der Waals surface area contributed by atoms with Crippen molar-refractivity contribution in [1.82, 2.24) is 0 Å². The number of allylic oxidation sites excluding steroid dienone is 4. The summed E-state index contributed by atoms with van der Waals surface area (Å²) >= 11 is 0. The molecule has 136 valence electrons. The fraction of sp³-hybridized carbons (Fsp3) is 0.455. The molecule has 4 nitrogen and oxygen atoms in total. The summed E-state index contributed by atoms with van der Waals surface area (Å²) < 4.78 is 11.4. The topological polar surface area (TPSA) is 52.6 Å². The van der Waals surface area contributed by atoms with Gasteiger partial charge in [-0.15, -0.1) is 0 Å². The van der Waals surface area contributed by atoms with E-state index in [9.17, 15) is 9.59 Å². The highest BCUT2D eigenvalue weighted by atomic mass is 16.5. The van der Waals surface area contributed by atoms with E-state index in [2.05, 4.69) is 13.8 Å². The molecule has 1 unspecified atom stereocenters. The van der Waals surface area contributed by atoms with Crippen molar-refractivity contribution in [3.8, 4) is 5.75 Å². The SMILES string of the molecule is COc1ccc(C2C3=C(CCCC3=O)OC3=C2C(=O)CC(C)(C)C3)cc1. The van der Waals surface area contributed by atoms with E-state index in [0.717, 1.165) is 42.1 Å². The summed E-state index contributed by atoms with van der Waals surface area (Å²) in [6.45, 7) is 4.19. The Labute approximate surface area is 153 Å². The average molecular weight is 352 g/mol. The van der Waals surface area contributed by atoms with Crippen LogP contribution >= 0.6 is 0 Å². The van der Waals surface area contributed by atoms with Gasteiger partial charge in [0, 0.05) is 42.7 Å². The summed E-state index contributed by atoms with van der Waals surface area (Å²) in [5.41, 5.74) is 2.21. The Morgan fingerprint density at radius 1 is 0.962 bits per heavy atom. The van der Waals surface area contributed by atoms with Gasteiger partial charge in [-0.2, -0.15) is 0 Å². The number of hydrogen-bond donors (Lipinski definition) is 0. The molecule has 0 spiro atoms. The molecule has 2 aliphatic carbocycles. The third-order valence-corrected chi connectivity index (χ3v) is 5.56. The maximum atomic E-state index is 13.0. The Kier molecular flexibility index (Phi) is 4.02. The quantitative estimate of drug-likeness (QED) is 0.788. The van der Waals surface area contributed by atoms with Crippen LogP contribution in [0.25, 0.3) is 0 Å². The van der Waals surface area contributed by atoms with Crippen molar-refractivity contribution in [1.29, 1.82) is 0 Å². The van der Waals surface area contributed by atoms with Gasteiger partial charge < -0.3 is 9.47 Å². The maximum absolute atomic E-state index is 13.0. The lowest BCUT2D eigenvalue weighted by molar-refractivity contribution is -0.119. The third kappa shape index (κ3) is 2.77. The molecule has 0 N–H and O–H groups in total. The molecule has 1 aromatic carbocycles. The van der Waals surface area contributed by atoms with Crippen LogP contribution in [0.5, 0.6) is 5.75 Å². The number of Topliss-reactive ketones (excluding diaryl/α,β-unsaturated/α-hetero) is 2. The summed E-state index contributed by atoms with van der Waals surface area (Å²) in [7, 11) is 1.63. The van der Waals surface area contributed by atoms with E-state index >= 15 is 0 Å². The molecular weight excluding hydrogens is 328 g/mol. The average Bonchev–Trinajstić information content (AvgIpc) is 2.59. The summed E-state index contributed by atoms with van der Waals surface area (Å²) in [4.78, 5) is 25.8. The first-order chi connectivity index (χ1) is 12.4. The van der Waals surface area contributed by atoms with Gasteiger partial charge in [0.15, 0.2) is 11.6 Å². The molecule has 0 amide bonds.